The minimum Gasteiger partial charge on any atom is -0.377 e. The van der Waals surface area contributed by atoms with Gasteiger partial charge in [-0.05, 0) is 26.3 Å². The van der Waals surface area contributed by atoms with Crippen LogP contribution < -0.4 is 5.32 Å². The maximum atomic E-state index is 12.3. The second-order valence-corrected chi connectivity index (χ2v) is 6.89. The van der Waals surface area contributed by atoms with E-state index >= 15 is 0 Å². The van der Waals surface area contributed by atoms with Crippen molar-refractivity contribution in [3.05, 3.63) is 22.5 Å². The zero-order valence-electron chi connectivity index (χ0n) is 13.8. The molecule has 1 aliphatic heterocycles. The molecule has 130 valence electrons. The van der Waals surface area contributed by atoms with Crippen molar-refractivity contribution in [2.24, 2.45) is 0 Å². The molecule has 1 aliphatic rings. The van der Waals surface area contributed by atoms with Crippen molar-refractivity contribution >= 4 is 22.4 Å². The molecule has 1 N–H and O–H groups in total. The third kappa shape index (κ3) is 4.16. The van der Waals surface area contributed by atoms with E-state index in [2.05, 4.69) is 25.6 Å². The standard InChI is InChI=1S/C15H21N5O3S/c1-10-7-11(19-23-10)12-5-3-4-6-20(12)8-13(21)16-15-18-17-14(24-15)9-22-2/h7,12H,3-6,8-9H2,1-2H3,(H,16,18,21). The van der Waals surface area contributed by atoms with Crippen molar-refractivity contribution in [1.29, 1.82) is 0 Å². The molecule has 0 aliphatic carbocycles. The molecule has 0 bridgehead atoms. The summed E-state index contributed by atoms with van der Waals surface area (Å²) >= 11 is 1.32. The van der Waals surface area contributed by atoms with E-state index < -0.39 is 0 Å². The van der Waals surface area contributed by atoms with Crippen molar-refractivity contribution in [3.63, 3.8) is 0 Å². The number of anilines is 1. The molecule has 9 heteroatoms. The second kappa shape index (κ2) is 7.82. The monoisotopic (exact) mass is 351 g/mol. The number of piperidine rings is 1. The van der Waals surface area contributed by atoms with E-state index in [1.54, 1.807) is 7.11 Å². The fraction of sp³-hybridized carbons (Fsp3) is 0.600. The van der Waals surface area contributed by atoms with Crippen LogP contribution in [0.1, 0.15) is 41.8 Å². The van der Waals surface area contributed by atoms with Crippen molar-refractivity contribution < 1.29 is 14.1 Å². The van der Waals surface area contributed by atoms with Crippen molar-refractivity contribution in [2.45, 2.75) is 38.8 Å². The average molecular weight is 351 g/mol. The van der Waals surface area contributed by atoms with Gasteiger partial charge in [0.1, 0.15) is 23.1 Å². The number of nitrogens with one attached hydrogen (secondary N) is 1. The first-order valence-electron chi connectivity index (χ1n) is 7.94. The minimum atomic E-state index is -0.0952. The van der Waals surface area contributed by atoms with Crippen LogP contribution in [-0.2, 0) is 16.1 Å². The van der Waals surface area contributed by atoms with Gasteiger partial charge in [-0.15, -0.1) is 10.2 Å². The molecular weight excluding hydrogens is 330 g/mol. The molecule has 8 nitrogen and oxygen atoms in total. The first-order chi connectivity index (χ1) is 11.7. The molecule has 0 radical (unpaired) electrons. The number of nitrogens with zero attached hydrogens (tertiary/aromatic N) is 4. The number of aromatic nitrogens is 3. The zero-order chi connectivity index (χ0) is 16.9. The summed E-state index contributed by atoms with van der Waals surface area (Å²) in [5.41, 5.74) is 0.901. The lowest BCUT2D eigenvalue weighted by molar-refractivity contribution is -0.118. The van der Waals surface area contributed by atoms with Gasteiger partial charge in [0.2, 0.25) is 11.0 Å². The molecule has 1 amide bonds. The molecule has 2 aromatic heterocycles. The lowest BCUT2D eigenvalue weighted by Gasteiger charge is -2.33. The summed E-state index contributed by atoms with van der Waals surface area (Å²) in [6.07, 6.45) is 3.19. The number of amides is 1. The Hall–Kier alpha value is -1.84. The number of methoxy groups -OCH3 is 1. The van der Waals surface area contributed by atoms with Crippen LogP contribution in [0.25, 0.3) is 0 Å². The van der Waals surface area contributed by atoms with Crippen LogP contribution in [0.15, 0.2) is 10.6 Å². The van der Waals surface area contributed by atoms with Crippen LogP contribution in [0.3, 0.4) is 0 Å². The van der Waals surface area contributed by atoms with Gasteiger partial charge >= 0.3 is 0 Å². The van der Waals surface area contributed by atoms with Crippen LogP contribution >= 0.6 is 11.3 Å². The van der Waals surface area contributed by atoms with E-state index in [4.69, 9.17) is 9.26 Å². The number of rotatable bonds is 6. The summed E-state index contributed by atoms with van der Waals surface area (Å²) in [7, 11) is 1.60. The molecular formula is C15H21N5O3S. The Balaban J connectivity index is 1.60. The highest BCUT2D eigenvalue weighted by Gasteiger charge is 2.28. The van der Waals surface area contributed by atoms with Crippen molar-refractivity contribution in [1.82, 2.24) is 20.3 Å². The van der Waals surface area contributed by atoms with Gasteiger partial charge in [-0.25, -0.2) is 0 Å². The van der Waals surface area contributed by atoms with Gasteiger partial charge in [-0.3, -0.25) is 15.0 Å². The highest BCUT2D eigenvalue weighted by atomic mass is 32.1. The number of carbonyl (C=O) groups is 1. The number of hydrogen-bond donors (Lipinski definition) is 1. The van der Waals surface area contributed by atoms with Gasteiger partial charge in [0.25, 0.3) is 0 Å². The van der Waals surface area contributed by atoms with Crippen molar-refractivity contribution in [3.8, 4) is 0 Å². The Morgan fingerprint density at radius 1 is 1.50 bits per heavy atom. The van der Waals surface area contributed by atoms with E-state index in [-0.39, 0.29) is 11.9 Å². The molecule has 0 saturated carbocycles. The average Bonchev–Trinajstić information content (AvgIpc) is 3.17. The van der Waals surface area contributed by atoms with Crippen LogP contribution in [0.5, 0.6) is 0 Å². The summed E-state index contributed by atoms with van der Waals surface area (Å²) in [6, 6.07) is 2.07. The molecule has 2 aromatic rings. The largest absolute Gasteiger partial charge is 0.377 e. The van der Waals surface area contributed by atoms with E-state index in [0.717, 1.165) is 42.3 Å². The summed E-state index contributed by atoms with van der Waals surface area (Å²) in [5.74, 6) is 0.696. The molecule has 24 heavy (non-hydrogen) atoms. The third-order valence-corrected chi connectivity index (χ3v) is 4.74. The fourth-order valence-corrected chi connectivity index (χ4v) is 3.62. The van der Waals surface area contributed by atoms with E-state index in [1.807, 2.05) is 13.0 Å². The van der Waals surface area contributed by atoms with Crippen LogP contribution in [0.2, 0.25) is 0 Å². The molecule has 1 unspecified atom stereocenters. The maximum Gasteiger partial charge on any atom is 0.240 e. The third-order valence-electron chi connectivity index (χ3n) is 3.93. The van der Waals surface area contributed by atoms with E-state index in [1.165, 1.54) is 11.3 Å². The van der Waals surface area contributed by atoms with Crippen LogP contribution in [-0.4, -0.2) is 46.4 Å². The fourth-order valence-electron chi connectivity index (χ4n) is 2.89. The highest BCUT2D eigenvalue weighted by Crippen LogP contribution is 2.30. The molecule has 0 spiro atoms. The van der Waals surface area contributed by atoms with Crippen molar-refractivity contribution in [2.75, 3.05) is 25.5 Å². The first-order valence-corrected chi connectivity index (χ1v) is 8.76. The van der Waals surface area contributed by atoms with Gasteiger partial charge < -0.3 is 9.26 Å². The zero-order valence-corrected chi connectivity index (χ0v) is 14.6. The Bertz CT molecular complexity index is 686. The van der Waals surface area contributed by atoms with Gasteiger partial charge in [0, 0.05) is 13.2 Å². The summed E-state index contributed by atoms with van der Waals surface area (Å²) in [5, 5.41) is 16.1. The Morgan fingerprint density at radius 3 is 3.12 bits per heavy atom. The topological polar surface area (TPSA) is 93.4 Å². The normalized spacial score (nSPS) is 18.7. The highest BCUT2D eigenvalue weighted by molar-refractivity contribution is 7.15. The predicted octanol–water partition coefficient (Wildman–Crippen LogP) is 2.15. The lowest BCUT2D eigenvalue weighted by atomic mass is 9.99. The van der Waals surface area contributed by atoms with Gasteiger partial charge in [-0.2, -0.15) is 0 Å². The SMILES string of the molecule is COCc1nnc(NC(=O)CN2CCCCC2c2cc(C)on2)s1. The summed E-state index contributed by atoms with van der Waals surface area (Å²) in [4.78, 5) is 14.5. The minimum absolute atomic E-state index is 0.0952. The first kappa shape index (κ1) is 17.0. The number of ether oxygens (including phenoxy) is 1. The number of aryl methyl sites for hydroxylation is 1. The second-order valence-electron chi connectivity index (χ2n) is 5.83. The maximum absolute atomic E-state index is 12.3. The number of carbonyl (C=O) groups excluding carboxylic acids is 1. The molecule has 1 saturated heterocycles. The Morgan fingerprint density at radius 2 is 2.38 bits per heavy atom. The smallest absolute Gasteiger partial charge is 0.240 e. The summed E-state index contributed by atoms with van der Waals surface area (Å²) in [6.45, 7) is 3.45. The van der Waals surface area contributed by atoms with E-state index in [9.17, 15) is 4.79 Å². The predicted molar refractivity (Wildman–Crippen MR) is 88.7 cm³/mol. The van der Waals surface area contributed by atoms with Gasteiger partial charge in [-0.1, -0.05) is 22.9 Å². The van der Waals surface area contributed by atoms with E-state index in [0.29, 0.717) is 18.3 Å². The number of likely N-dealkylation sites (tertiary alicyclic amines) is 1. The van der Waals surface area contributed by atoms with Gasteiger partial charge in [0.15, 0.2) is 0 Å². The molecule has 0 aromatic carbocycles. The molecule has 3 heterocycles. The molecule has 1 fully saturated rings. The Kier molecular flexibility index (Phi) is 5.54. The molecule has 3 rings (SSSR count). The van der Waals surface area contributed by atoms with Crippen LogP contribution in [0, 0.1) is 6.92 Å². The Labute approximate surface area is 144 Å². The lowest BCUT2D eigenvalue weighted by Crippen LogP contribution is -2.39. The van der Waals surface area contributed by atoms with Crippen LogP contribution in [0.4, 0.5) is 5.13 Å². The van der Waals surface area contributed by atoms with Gasteiger partial charge in [0.05, 0.1) is 12.6 Å². The molecule has 1 atom stereocenters. The summed E-state index contributed by atoms with van der Waals surface area (Å²) < 4.78 is 10.2. The quantitative estimate of drug-likeness (QED) is 0.852. The number of hydrogen-bond acceptors (Lipinski definition) is 8.